The van der Waals surface area contributed by atoms with Gasteiger partial charge in [-0.05, 0) is 43.3 Å². The van der Waals surface area contributed by atoms with Crippen LogP contribution in [0, 0.1) is 5.82 Å². The van der Waals surface area contributed by atoms with Gasteiger partial charge in [-0.1, -0.05) is 23.9 Å². The fourth-order valence-electron chi connectivity index (χ4n) is 3.43. The van der Waals surface area contributed by atoms with Gasteiger partial charge in [0.1, 0.15) is 5.82 Å². The molecule has 1 atom stereocenters. The number of piperazine rings is 1. The molecule has 0 saturated carbocycles. The van der Waals surface area contributed by atoms with E-state index in [-0.39, 0.29) is 17.6 Å². The number of nitrogens with zero attached hydrogens (tertiary/aromatic N) is 2. The number of halogens is 1. The second kappa shape index (κ2) is 6.88. The summed E-state index contributed by atoms with van der Waals surface area (Å²) in [6.45, 7) is 4.05. The number of hydrogen-bond donors (Lipinski definition) is 1. The standard InChI is InChI=1S/C20H20FN3O2S/c1-20(18(25)22-16-4-2-3-5-17(16)27-20)19(26)24-12-10-23(11-13-24)15-8-6-14(21)7-9-15/h2-9H,10-13H2,1H3,(H,22,25). The molecule has 1 N–H and O–H groups in total. The van der Waals surface area contributed by atoms with E-state index in [4.69, 9.17) is 0 Å². The van der Waals surface area contributed by atoms with Gasteiger partial charge in [0.15, 0.2) is 4.75 Å². The molecule has 7 heteroatoms. The molecule has 0 spiro atoms. The van der Waals surface area contributed by atoms with Crippen molar-refractivity contribution >= 4 is 35.0 Å². The van der Waals surface area contributed by atoms with Gasteiger partial charge in [-0.15, -0.1) is 0 Å². The number of fused-ring (bicyclic) bond motifs is 1. The minimum atomic E-state index is -1.17. The highest BCUT2D eigenvalue weighted by Gasteiger charge is 2.48. The number of nitrogens with one attached hydrogen (secondary N) is 1. The Kier molecular flexibility index (Phi) is 4.55. The van der Waals surface area contributed by atoms with Crippen LogP contribution in [0.5, 0.6) is 0 Å². The summed E-state index contributed by atoms with van der Waals surface area (Å²) in [6.07, 6.45) is 0. The van der Waals surface area contributed by atoms with E-state index in [1.54, 1.807) is 24.0 Å². The molecule has 4 rings (SSSR count). The summed E-state index contributed by atoms with van der Waals surface area (Å²) in [5, 5.41) is 2.86. The van der Waals surface area contributed by atoms with E-state index >= 15 is 0 Å². The Morgan fingerprint density at radius 3 is 2.44 bits per heavy atom. The topological polar surface area (TPSA) is 52.7 Å². The van der Waals surface area contributed by atoms with E-state index in [0.717, 1.165) is 16.3 Å². The molecule has 2 aromatic rings. The molecule has 5 nitrogen and oxygen atoms in total. The average molecular weight is 385 g/mol. The van der Waals surface area contributed by atoms with Gasteiger partial charge in [-0.2, -0.15) is 0 Å². The second-order valence-corrected chi connectivity index (χ2v) is 8.30. The number of hydrogen-bond acceptors (Lipinski definition) is 4. The Labute approximate surface area is 161 Å². The summed E-state index contributed by atoms with van der Waals surface area (Å²) in [5.74, 6) is -0.712. The molecular formula is C20H20FN3O2S. The lowest BCUT2D eigenvalue weighted by molar-refractivity contribution is -0.137. The summed E-state index contributed by atoms with van der Waals surface area (Å²) < 4.78 is 11.9. The van der Waals surface area contributed by atoms with E-state index in [1.165, 1.54) is 23.9 Å². The molecule has 27 heavy (non-hydrogen) atoms. The predicted molar refractivity (Wildman–Crippen MR) is 105 cm³/mol. The maximum Gasteiger partial charge on any atom is 0.250 e. The second-order valence-electron chi connectivity index (χ2n) is 6.84. The number of anilines is 2. The molecule has 0 aromatic heterocycles. The normalized spacial score (nSPS) is 22.2. The molecule has 2 amide bonds. The van der Waals surface area contributed by atoms with Crippen LogP contribution < -0.4 is 10.2 Å². The van der Waals surface area contributed by atoms with E-state index < -0.39 is 4.75 Å². The first kappa shape index (κ1) is 17.9. The molecule has 0 aliphatic carbocycles. The molecule has 2 aliphatic rings. The minimum Gasteiger partial charge on any atom is -0.368 e. The number of thioether (sulfide) groups is 1. The van der Waals surface area contributed by atoms with Crippen molar-refractivity contribution in [3.05, 3.63) is 54.3 Å². The van der Waals surface area contributed by atoms with E-state index in [9.17, 15) is 14.0 Å². The van der Waals surface area contributed by atoms with Crippen molar-refractivity contribution < 1.29 is 14.0 Å². The van der Waals surface area contributed by atoms with Gasteiger partial charge in [-0.25, -0.2) is 4.39 Å². The number of carbonyl (C=O) groups is 2. The Hall–Kier alpha value is -2.54. The summed E-state index contributed by atoms with van der Waals surface area (Å²) in [7, 11) is 0. The molecule has 1 saturated heterocycles. The van der Waals surface area contributed by atoms with E-state index in [0.29, 0.717) is 26.2 Å². The lowest BCUT2D eigenvalue weighted by atomic mass is 10.1. The molecule has 2 heterocycles. The number of amides is 2. The zero-order valence-electron chi connectivity index (χ0n) is 14.9. The summed E-state index contributed by atoms with van der Waals surface area (Å²) >= 11 is 1.31. The lowest BCUT2D eigenvalue weighted by Gasteiger charge is -2.41. The summed E-state index contributed by atoms with van der Waals surface area (Å²) in [4.78, 5) is 30.6. The molecule has 0 bridgehead atoms. The lowest BCUT2D eigenvalue weighted by Crippen LogP contribution is -2.58. The maximum atomic E-state index is 13.2. The first-order valence-electron chi connectivity index (χ1n) is 8.87. The first-order chi connectivity index (χ1) is 13.0. The highest BCUT2D eigenvalue weighted by Crippen LogP contribution is 2.43. The Bertz CT molecular complexity index is 881. The molecule has 1 fully saturated rings. The van der Waals surface area contributed by atoms with Crippen LogP contribution in [0.25, 0.3) is 0 Å². The fraction of sp³-hybridized carbons (Fsp3) is 0.300. The van der Waals surface area contributed by atoms with Crippen LogP contribution in [0.4, 0.5) is 15.8 Å². The quantitative estimate of drug-likeness (QED) is 0.808. The largest absolute Gasteiger partial charge is 0.368 e. The van der Waals surface area contributed by atoms with Crippen LogP contribution in [0.2, 0.25) is 0 Å². The van der Waals surface area contributed by atoms with Crippen LogP contribution in [-0.4, -0.2) is 47.6 Å². The zero-order valence-corrected chi connectivity index (χ0v) is 15.8. The third-order valence-corrected chi connectivity index (χ3v) is 6.39. The van der Waals surface area contributed by atoms with Gasteiger partial charge >= 0.3 is 0 Å². The molecule has 140 valence electrons. The fourth-order valence-corrected chi connectivity index (χ4v) is 4.60. The third kappa shape index (κ3) is 3.27. The Balaban J connectivity index is 1.46. The molecule has 2 aliphatic heterocycles. The number of rotatable bonds is 2. The van der Waals surface area contributed by atoms with Crippen LogP contribution >= 0.6 is 11.8 Å². The van der Waals surface area contributed by atoms with Crippen molar-refractivity contribution in [1.29, 1.82) is 0 Å². The van der Waals surface area contributed by atoms with Gasteiger partial charge < -0.3 is 15.1 Å². The number of para-hydroxylation sites is 1. The van der Waals surface area contributed by atoms with Gasteiger partial charge in [0.2, 0.25) is 11.8 Å². The summed E-state index contributed by atoms with van der Waals surface area (Å²) in [6, 6.07) is 13.9. The predicted octanol–water partition coefficient (Wildman–Crippen LogP) is 2.98. The smallest absolute Gasteiger partial charge is 0.250 e. The Morgan fingerprint density at radius 2 is 1.74 bits per heavy atom. The average Bonchev–Trinajstić information content (AvgIpc) is 2.69. The minimum absolute atomic E-state index is 0.168. The van der Waals surface area contributed by atoms with E-state index in [2.05, 4.69) is 10.2 Å². The van der Waals surface area contributed by atoms with Crippen molar-refractivity contribution in [2.75, 3.05) is 36.4 Å². The van der Waals surface area contributed by atoms with Gasteiger partial charge in [0.05, 0.1) is 5.69 Å². The van der Waals surface area contributed by atoms with Crippen molar-refractivity contribution in [3.63, 3.8) is 0 Å². The van der Waals surface area contributed by atoms with Crippen LogP contribution in [0.1, 0.15) is 6.92 Å². The van der Waals surface area contributed by atoms with Crippen LogP contribution in [0.15, 0.2) is 53.4 Å². The van der Waals surface area contributed by atoms with Crippen molar-refractivity contribution in [2.45, 2.75) is 16.6 Å². The summed E-state index contributed by atoms with van der Waals surface area (Å²) in [5.41, 5.74) is 1.69. The molecule has 0 radical (unpaired) electrons. The van der Waals surface area contributed by atoms with Gasteiger partial charge in [0.25, 0.3) is 0 Å². The van der Waals surface area contributed by atoms with Crippen LogP contribution in [0.3, 0.4) is 0 Å². The highest BCUT2D eigenvalue weighted by atomic mass is 32.2. The van der Waals surface area contributed by atoms with E-state index in [1.807, 2.05) is 24.3 Å². The number of benzene rings is 2. The van der Waals surface area contributed by atoms with Gasteiger partial charge in [0, 0.05) is 36.8 Å². The van der Waals surface area contributed by atoms with Gasteiger partial charge in [-0.3, -0.25) is 9.59 Å². The molecule has 2 aromatic carbocycles. The molecule has 1 unspecified atom stereocenters. The SMILES string of the molecule is CC1(C(=O)N2CCN(c3ccc(F)cc3)CC2)Sc2ccccc2NC1=O. The highest BCUT2D eigenvalue weighted by molar-refractivity contribution is 8.02. The maximum absolute atomic E-state index is 13.2. The monoisotopic (exact) mass is 385 g/mol. The molecular weight excluding hydrogens is 365 g/mol. The first-order valence-corrected chi connectivity index (χ1v) is 9.68. The van der Waals surface area contributed by atoms with Crippen LogP contribution in [-0.2, 0) is 9.59 Å². The van der Waals surface area contributed by atoms with Crippen molar-refractivity contribution in [3.8, 4) is 0 Å². The Morgan fingerprint density at radius 1 is 1.07 bits per heavy atom. The number of carbonyl (C=O) groups excluding carboxylic acids is 2. The van der Waals surface area contributed by atoms with Crippen molar-refractivity contribution in [2.24, 2.45) is 0 Å². The third-order valence-electron chi connectivity index (χ3n) is 5.05. The van der Waals surface area contributed by atoms with Crippen molar-refractivity contribution in [1.82, 2.24) is 4.90 Å². The zero-order chi connectivity index (χ0) is 19.0.